The third-order valence-electron chi connectivity index (χ3n) is 2.56. The van der Waals surface area contributed by atoms with Gasteiger partial charge in [0.25, 0.3) is 0 Å². The molecule has 1 atom stereocenters. The summed E-state index contributed by atoms with van der Waals surface area (Å²) in [5.74, 6) is 0.555. The van der Waals surface area contributed by atoms with E-state index in [9.17, 15) is 4.79 Å². The summed E-state index contributed by atoms with van der Waals surface area (Å²) in [5.41, 5.74) is 1.65. The van der Waals surface area contributed by atoms with E-state index < -0.39 is 0 Å². The molecule has 0 radical (unpaired) electrons. The van der Waals surface area contributed by atoms with Crippen LogP contribution in [0.25, 0.3) is 11.0 Å². The van der Waals surface area contributed by atoms with Gasteiger partial charge in [-0.3, -0.25) is 9.78 Å². The molecule has 1 amide bonds. The molecule has 1 aromatic carbocycles. The monoisotopic (exact) mass is 244 g/mol. The quantitative estimate of drug-likeness (QED) is 0.856. The van der Waals surface area contributed by atoms with Crippen LogP contribution < -0.4 is 10.6 Å². The van der Waals surface area contributed by atoms with Gasteiger partial charge in [0.05, 0.1) is 17.2 Å². The predicted octanol–water partition coefficient (Wildman–Crippen LogP) is 1.57. The van der Waals surface area contributed by atoms with Crippen molar-refractivity contribution in [2.75, 3.05) is 11.9 Å². The second kappa shape index (κ2) is 5.44. The summed E-state index contributed by atoms with van der Waals surface area (Å²) in [6, 6.07) is 7.29. The highest BCUT2D eigenvalue weighted by molar-refractivity contribution is 5.84. The second-order valence-corrected chi connectivity index (χ2v) is 4.00. The van der Waals surface area contributed by atoms with Crippen molar-refractivity contribution in [3.63, 3.8) is 0 Å². The zero-order chi connectivity index (χ0) is 13.0. The first-order valence-electron chi connectivity index (χ1n) is 5.96. The number of anilines is 1. The van der Waals surface area contributed by atoms with Crippen LogP contribution in [0.4, 0.5) is 5.82 Å². The molecule has 0 aliphatic heterocycles. The Morgan fingerprint density at radius 1 is 1.33 bits per heavy atom. The summed E-state index contributed by atoms with van der Waals surface area (Å²) in [6.45, 7) is 4.30. The van der Waals surface area contributed by atoms with Gasteiger partial charge in [0.2, 0.25) is 5.91 Å². The number of fused-ring (bicyclic) bond motifs is 1. The Kier molecular flexibility index (Phi) is 3.72. The number of nitrogens with zero attached hydrogens (tertiary/aromatic N) is 2. The number of benzene rings is 1. The van der Waals surface area contributed by atoms with E-state index in [2.05, 4.69) is 20.6 Å². The first-order valence-corrected chi connectivity index (χ1v) is 5.96. The van der Waals surface area contributed by atoms with Gasteiger partial charge in [-0.05, 0) is 26.0 Å². The van der Waals surface area contributed by atoms with Gasteiger partial charge in [0, 0.05) is 6.54 Å². The normalized spacial score (nSPS) is 12.1. The van der Waals surface area contributed by atoms with E-state index in [1.54, 1.807) is 13.1 Å². The minimum Gasteiger partial charge on any atom is -0.357 e. The Bertz CT molecular complexity index is 555. The van der Waals surface area contributed by atoms with Gasteiger partial charge in [0.1, 0.15) is 11.9 Å². The number of hydrogen-bond donors (Lipinski definition) is 2. The molecule has 1 heterocycles. The minimum absolute atomic E-state index is 0.0486. The van der Waals surface area contributed by atoms with E-state index in [4.69, 9.17) is 0 Å². The lowest BCUT2D eigenvalue weighted by molar-refractivity contribution is -0.121. The number of carbonyl (C=O) groups is 1. The first kappa shape index (κ1) is 12.3. The molecule has 5 nitrogen and oxygen atoms in total. The van der Waals surface area contributed by atoms with Crippen molar-refractivity contribution in [3.8, 4) is 0 Å². The molecule has 0 unspecified atom stereocenters. The highest BCUT2D eigenvalue weighted by Crippen LogP contribution is 2.11. The van der Waals surface area contributed by atoms with Crippen LogP contribution in [-0.4, -0.2) is 28.5 Å². The fourth-order valence-electron chi connectivity index (χ4n) is 1.64. The molecule has 0 aliphatic carbocycles. The van der Waals surface area contributed by atoms with Crippen LogP contribution in [0.5, 0.6) is 0 Å². The van der Waals surface area contributed by atoms with Crippen LogP contribution in [0.15, 0.2) is 30.5 Å². The van der Waals surface area contributed by atoms with Gasteiger partial charge >= 0.3 is 0 Å². The fraction of sp³-hybridized carbons (Fsp3) is 0.308. The highest BCUT2D eigenvalue weighted by atomic mass is 16.2. The molecule has 94 valence electrons. The number of para-hydroxylation sites is 2. The lowest BCUT2D eigenvalue weighted by Crippen LogP contribution is -2.37. The molecule has 0 bridgehead atoms. The molecule has 2 aromatic rings. The topological polar surface area (TPSA) is 66.9 Å². The van der Waals surface area contributed by atoms with E-state index in [0.29, 0.717) is 12.4 Å². The predicted molar refractivity (Wildman–Crippen MR) is 71.3 cm³/mol. The molecule has 18 heavy (non-hydrogen) atoms. The largest absolute Gasteiger partial charge is 0.357 e. The van der Waals surface area contributed by atoms with Gasteiger partial charge < -0.3 is 10.6 Å². The van der Waals surface area contributed by atoms with E-state index in [-0.39, 0.29) is 11.9 Å². The molecule has 0 fully saturated rings. The van der Waals surface area contributed by atoms with Crippen molar-refractivity contribution >= 4 is 22.8 Å². The summed E-state index contributed by atoms with van der Waals surface area (Å²) < 4.78 is 0. The van der Waals surface area contributed by atoms with Gasteiger partial charge in [-0.25, -0.2) is 4.98 Å². The number of rotatable bonds is 4. The van der Waals surface area contributed by atoms with E-state index >= 15 is 0 Å². The summed E-state index contributed by atoms with van der Waals surface area (Å²) in [6.07, 6.45) is 1.64. The molecule has 1 aromatic heterocycles. The van der Waals surface area contributed by atoms with Crippen molar-refractivity contribution in [3.05, 3.63) is 30.5 Å². The Morgan fingerprint density at radius 3 is 2.78 bits per heavy atom. The van der Waals surface area contributed by atoms with Crippen LogP contribution in [-0.2, 0) is 4.79 Å². The minimum atomic E-state index is -0.333. The van der Waals surface area contributed by atoms with Crippen molar-refractivity contribution in [2.45, 2.75) is 19.9 Å². The maximum Gasteiger partial charge on any atom is 0.242 e. The molecule has 2 N–H and O–H groups in total. The summed E-state index contributed by atoms with van der Waals surface area (Å²) in [5, 5.41) is 5.79. The number of nitrogens with one attached hydrogen (secondary N) is 2. The number of aromatic nitrogens is 2. The maximum absolute atomic E-state index is 11.6. The Labute approximate surface area is 106 Å². The Hall–Kier alpha value is -2.17. The highest BCUT2D eigenvalue weighted by Gasteiger charge is 2.12. The summed E-state index contributed by atoms with van der Waals surface area (Å²) in [7, 11) is 0. The third-order valence-corrected chi connectivity index (χ3v) is 2.56. The average Bonchev–Trinajstić information content (AvgIpc) is 2.39. The summed E-state index contributed by atoms with van der Waals surface area (Å²) in [4.78, 5) is 20.3. The van der Waals surface area contributed by atoms with Crippen LogP contribution >= 0.6 is 0 Å². The molecule has 0 aliphatic rings. The molecule has 2 rings (SSSR count). The number of likely N-dealkylation sites (N-methyl/N-ethyl adjacent to an activating group) is 1. The van der Waals surface area contributed by atoms with Crippen LogP contribution in [0.3, 0.4) is 0 Å². The molecule has 0 spiro atoms. The Balaban J connectivity index is 2.14. The van der Waals surface area contributed by atoms with Gasteiger partial charge in [-0.1, -0.05) is 12.1 Å². The maximum atomic E-state index is 11.6. The lowest BCUT2D eigenvalue weighted by atomic mass is 10.3. The molecule has 5 heteroatoms. The van der Waals surface area contributed by atoms with Crippen molar-refractivity contribution < 1.29 is 4.79 Å². The number of amides is 1. The standard InChI is InChI=1S/C13H16N4O/c1-3-14-13(18)9(2)16-12-8-15-10-6-4-5-7-11(10)17-12/h4-9H,3H2,1-2H3,(H,14,18)(H,16,17)/t9-/m1/s1. The van der Waals surface area contributed by atoms with Gasteiger partial charge in [0.15, 0.2) is 0 Å². The molecular weight excluding hydrogens is 228 g/mol. The van der Waals surface area contributed by atoms with E-state index in [1.807, 2.05) is 31.2 Å². The van der Waals surface area contributed by atoms with Crippen LogP contribution in [0.1, 0.15) is 13.8 Å². The van der Waals surface area contributed by atoms with Gasteiger partial charge in [-0.2, -0.15) is 0 Å². The molecule has 0 saturated heterocycles. The molecular formula is C13H16N4O. The average molecular weight is 244 g/mol. The lowest BCUT2D eigenvalue weighted by Gasteiger charge is -2.13. The SMILES string of the molecule is CCNC(=O)[C@@H](C)Nc1cnc2ccccc2n1. The third kappa shape index (κ3) is 2.74. The fourth-order valence-corrected chi connectivity index (χ4v) is 1.64. The van der Waals surface area contributed by atoms with Gasteiger partial charge in [-0.15, -0.1) is 0 Å². The van der Waals surface area contributed by atoms with Crippen molar-refractivity contribution in [1.29, 1.82) is 0 Å². The summed E-state index contributed by atoms with van der Waals surface area (Å²) >= 11 is 0. The Morgan fingerprint density at radius 2 is 2.06 bits per heavy atom. The second-order valence-electron chi connectivity index (χ2n) is 4.00. The molecule has 0 saturated carbocycles. The zero-order valence-corrected chi connectivity index (χ0v) is 10.5. The van der Waals surface area contributed by atoms with Crippen molar-refractivity contribution in [1.82, 2.24) is 15.3 Å². The first-order chi connectivity index (χ1) is 8.70. The van der Waals surface area contributed by atoms with Crippen LogP contribution in [0, 0.1) is 0 Å². The number of hydrogen-bond acceptors (Lipinski definition) is 4. The van der Waals surface area contributed by atoms with Crippen molar-refractivity contribution in [2.24, 2.45) is 0 Å². The zero-order valence-electron chi connectivity index (χ0n) is 10.5. The van der Waals surface area contributed by atoms with E-state index in [1.165, 1.54) is 0 Å². The smallest absolute Gasteiger partial charge is 0.242 e. The number of carbonyl (C=O) groups excluding carboxylic acids is 1. The van der Waals surface area contributed by atoms with Crippen LogP contribution in [0.2, 0.25) is 0 Å². The van der Waals surface area contributed by atoms with E-state index in [0.717, 1.165) is 11.0 Å².